The van der Waals surface area contributed by atoms with E-state index >= 15 is 0 Å². The first-order chi connectivity index (χ1) is 8.25. The monoisotopic (exact) mass is 311 g/mol. The van der Waals surface area contributed by atoms with Crippen molar-refractivity contribution >= 4 is 38.9 Å². The summed E-state index contributed by atoms with van der Waals surface area (Å²) in [5, 5.41) is 0. The number of hydrogen-bond acceptors (Lipinski definition) is 3. The number of hydrogen-bond donors (Lipinski definition) is 1. The second-order valence-electron chi connectivity index (χ2n) is 4.36. The van der Waals surface area contributed by atoms with Gasteiger partial charge in [-0.15, -0.1) is 0 Å². The van der Waals surface area contributed by atoms with Crippen molar-refractivity contribution in [2.75, 3.05) is 17.2 Å². The number of halogens is 1. The van der Waals surface area contributed by atoms with Crippen molar-refractivity contribution in [1.82, 2.24) is 9.38 Å². The van der Waals surface area contributed by atoms with Crippen LogP contribution >= 0.6 is 27.7 Å². The molecule has 0 aromatic carbocycles. The van der Waals surface area contributed by atoms with E-state index in [4.69, 9.17) is 5.73 Å². The average Bonchev–Trinajstić information content (AvgIpc) is 2.68. The fourth-order valence-corrected chi connectivity index (χ4v) is 3.92. The Labute approximate surface area is 113 Å². The molecule has 2 N–H and O–H groups in total. The molecule has 0 atom stereocenters. The van der Waals surface area contributed by atoms with Crippen LogP contribution in [0.2, 0.25) is 0 Å². The van der Waals surface area contributed by atoms with E-state index < -0.39 is 0 Å². The van der Waals surface area contributed by atoms with E-state index in [0.717, 1.165) is 15.8 Å². The molecule has 2 aromatic heterocycles. The van der Waals surface area contributed by atoms with Crippen LogP contribution < -0.4 is 5.73 Å². The summed E-state index contributed by atoms with van der Waals surface area (Å²) in [5.74, 6) is 4.24. The van der Waals surface area contributed by atoms with Gasteiger partial charge in [-0.1, -0.05) is 0 Å². The number of rotatable bonds is 1. The maximum atomic E-state index is 5.82. The molecule has 0 saturated carbocycles. The highest BCUT2D eigenvalue weighted by molar-refractivity contribution is 9.10. The molecule has 1 saturated heterocycles. The number of imidazole rings is 1. The zero-order valence-electron chi connectivity index (χ0n) is 9.40. The van der Waals surface area contributed by atoms with Crippen molar-refractivity contribution < 1.29 is 0 Å². The Bertz CT molecular complexity index is 546. The third-order valence-electron chi connectivity index (χ3n) is 3.24. The lowest BCUT2D eigenvalue weighted by molar-refractivity contribution is 0.595. The van der Waals surface area contributed by atoms with E-state index in [1.54, 1.807) is 0 Å². The molecular weight excluding hydrogens is 298 g/mol. The minimum absolute atomic E-state index is 0.582. The number of nitrogen functional groups attached to an aromatic ring is 1. The van der Waals surface area contributed by atoms with E-state index in [1.165, 1.54) is 30.2 Å². The summed E-state index contributed by atoms with van der Waals surface area (Å²) >= 11 is 5.56. The smallest absolute Gasteiger partial charge is 0.132 e. The fourth-order valence-electron chi connectivity index (χ4n) is 2.33. The van der Waals surface area contributed by atoms with E-state index in [1.807, 2.05) is 30.1 Å². The third-order valence-corrected chi connectivity index (χ3v) is 4.87. The van der Waals surface area contributed by atoms with Gasteiger partial charge in [0, 0.05) is 17.8 Å². The lowest BCUT2D eigenvalue weighted by Crippen LogP contribution is -2.11. The van der Waals surface area contributed by atoms with E-state index in [0.29, 0.717) is 5.92 Å². The molecule has 3 heterocycles. The molecule has 5 heteroatoms. The summed E-state index contributed by atoms with van der Waals surface area (Å²) < 4.78 is 3.07. The van der Waals surface area contributed by atoms with Crippen molar-refractivity contribution in [2.45, 2.75) is 18.8 Å². The van der Waals surface area contributed by atoms with Gasteiger partial charge in [0.15, 0.2) is 0 Å². The van der Waals surface area contributed by atoms with E-state index in [-0.39, 0.29) is 0 Å². The van der Waals surface area contributed by atoms with Crippen LogP contribution in [-0.2, 0) is 0 Å². The normalized spacial score (nSPS) is 17.7. The van der Waals surface area contributed by atoms with Crippen LogP contribution in [0.3, 0.4) is 0 Å². The van der Waals surface area contributed by atoms with E-state index in [9.17, 15) is 0 Å². The minimum atomic E-state index is 0.582. The summed E-state index contributed by atoms with van der Waals surface area (Å²) in [6.45, 7) is 0. The Kier molecular flexibility index (Phi) is 3.04. The lowest BCUT2D eigenvalue weighted by atomic mass is 10.0. The third kappa shape index (κ3) is 2.06. The van der Waals surface area contributed by atoms with Gasteiger partial charge in [-0.2, -0.15) is 11.8 Å². The Morgan fingerprint density at radius 2 is 2.18 bits per heavy atom. The Hall–Kier alpha value is -0.680. The van der Waals surface area contributed by atoms with Gasteiger partial charge in [-0.3, -0.25) is 0 Å². The van der Waals surface area contributed by atoms with Crippen molar-refractivity contribution in [3.63, 3.8) is 0 Å². The molecule has 90 valence electrons. The van der Waals surface area contributed by atoms with Crippen LogP contribution in [0.15, 0.2) is 22.9 Å². The van der Waals surface area contributed by atoms with Gasteiger partial charge in [-0.25, -0.2) is 4.98 Å². The second kappa shape index (κ2) is 4.53. The van der Waals surface area contributed by atoms with Gasteiger partial charge in [0.05, 0.1) is 5.52 Å². The predicted molar refractivity (Wildman–Crippen MR) is 76.6 cm³/mol. The molecule has 0 bridgehead atoms. The summed E-state index contributed by atoms with van der Waals surface area (Å²) in [6.07, 6.45) is 4.47. The quantitative estimate of drug-likeness (QED) is 0.879. The second-order valence-corrected chi connectivity index (χ2v) is 6.34. The largest absolute Gasteiger partial charge is 0.399 e. The molecule has 1 aliphatic heterocycles. The molecule has 0 radical (unpaired) electrons. The topological polar surface area (TPSA) is 43.3 Å². The standard InChI is InChI=1S/C12H14BrN3S/c13-11-10-7-9(14)1-4-16(10)12(15-11)8-2-5-17-6-3-8/h1,4,7-8H,2-3,5-6,14H2. The lowest BCUT2D eigenvalue weighted by Gasteiger charge is -2.20. The van der Waals surface area contributed by atoms with Crippen LogP contribution in [0.5, 0.6) is 0 Å². The molecule has 0 amide bonds. The zero-order chi connectivity index (χ0) is 11.8. The van der Waals surface area contributed by atoms with Crippen LogP contribution in [0.1, 0.15) is 24.6 Å². The number of nitrogens with two attached hydrogens (primary N) is 1. The molecule has 1 aliphatic rings. The summed E-state index contributed by atoms with van der Waals surface area (Å²) in [4.78, 5) is 4.67. The SMILES string of the molecule is Nc1ccn2c(C3CCSCC3)nc(Br)c2c1. The first-order valence-corrected chi connectivity index (χ1v) is 7.71. The van der Waals surface area contributed by atoms with Crippen LogP contribution in [-0.4, -0.2) is 20.9 Å². The molecular formula is C12H14BrN3S. The number of nitrogens with zero attached hydrogens (tertiary/aromatic N) is 2. The molecule has 3 nitrogen and oxygen atoms in total. The molecule has 3 rings (SSSR count). The summed E-state index contributed by atoms with van der Waals surface area (Å²) in [5.41, 5.74) is 7.66. The first-order valence-electron chi connectivity index (χ1n) is 5.76. The molecule has 0 aliphatic carbocycles. The van der Waals surface area contributed by atoms with Crippen molar-refractivity contribution in [3.8, 4) is 0 Å². The minimum Gasteiger partial charge on any atom is -0.399 e. The van der Waals surface area contributed by atoms with Crippen LogP contribution in [0.4, 0.5) is 5.69 Å². The summed E-state index contributed by atoms with van der Waals surface area (Å²) in [7, 11) is 0. The van der Waals surface area contributed by atoms with Gasteiger partial charge in [-0.05, 0) is 52.4 Å². The Morgan fingerprint density at radius 1 is 1.41 bits per heavy atom. The van der Waals surface area contributed by atoms with Crippen molar-refractivity contribution in [3.05, 3.63) is 28.8 Å². The maximum absolute atomic E-state index is 5.82. The maximum Gasteiger partial charge on any atom is 0.132 e. The van der Waals surface area contributed by atoms with E-state index in [2.05, 4.69) is 25.3 Å². The first kappa shape index (κ1) is 11.4. The van der Waals surface area contributed by atoms with Crippen LogP contribution in [0, 0.1) is 0 Å². The number of anilines is 1. The number of aromatic nitrogens is 2. The predicted octanol–water partition coefficient (Wildman–Crippen LogP) is 3.29. The molecule has 0 spiro atoms. The molecule has 0 unspecified atom stereocenters. The number of pyridine rings is 1. The molecule has 2 aromatic rings. The average molecular weight is 312 g/mol. The summed E-state index contributed by atoms with van der Waals surface area (Å²) in [6, 6.07) is 3.90. The van der Waals surface area contributed by atoms with Gasteiger partial charge in [0.1, 0.15) is 10.4 Å². The van der Waals surface area contributed by atoms with Crippen molar-refractivity contribution in [2.24, 2.45) is 0 Å². The molecule has 17 heavy (non-hydrogen) atoms. The number of thioether (sulfide) groups is 1. The highest BCUT2D eigenvalue weighted by atomic mass is 79.9. The fraction of sp³-hybridized carbons (Fsp3) is 0.417. The highest BCUT2D eigenvalue weighted by Gasteiger charge is 2.21. The Morgan fingerprint density at radius 3 is 2.94 bits per heavy atom. The van der Waals surface area contributed by atoms with Gasteiger partial charge in [0.25, 0.3) is 0 Å². The van der Waals surface area contributed by atoms with Crippen molar-refractivity contribution in [1.29, 1.82) is 0 Å². The Balaban J connectivity index is 2.10. The molecule has 1 fully saturated rings. The van der Waals surface area contributed by atoms with Crippen LogP contribution in [0.25, 0.3) is 5.52 Å². The highest BCUT2D eigenvalue weighted by Crippen LogP contribution is 2.33. The van der Waals surface area contributed by atoms with Gasteiger partial charge >= 0.3 is 0 Å². The van der Waals surface area contributed by atoms with Gasteiger partial charge < -0.3 is 10.1 Å². The zero-order valence-corrected chi connectivity index (χ0v) is 11.8. The number of fused-ring (bicyclic) bond motifs is 1. The van der Waals surface area contributed by atoms with Gasteiger partial charge in [0.2, 0.25) is 0 Å².